The van der Waals surface area contributed by atoms with Crippen LogP contribution in [0.4, 0.5) is 5.95 Å². The zero-order valence-corrected chi connectivity index (χ0v) is 11.0. The molecule has 20 heavy (non-hydrogen) atoms. The van der Waals surface area contributed by atoms with Gasteiger partial charge in [0.15, 0.2) is 5.76 Å². The topological polar surface area (TPSA) is 112 Å². The van der Waals surface area contributed by atoms with Crippen molar-refractivity contribution in [2.24, 2.45) is 5.73 Å². The molecule has 0 aliphatic carbocycles. The van der Waals surface area contributed by atoms with Gasteiger partial charge in [-0.3, -0.25) is 10.1 Å². The minimum absolute atomic E-state index is 0.0527. The molecule has 8 nitrogen and oxygen atoms in total. The summed E-state index contributed by atoms with van der Waals surface area (Å²) in [7, 11) is 2.90. The van der Waals surface area contributed by atoms with Gasteiger partial charge in [-0.2, -0.15) is 9.97 Å². The Bertz CT molecular complexity index is 589. The number of methoxy groups -OCH3 is 2. The molecule has 0 unspecified atom stereocenters. The molecule has 2 heterocycles. The Kier molecular flexibility index (Phi) is 4.16. The van der Waals surface area contributed by atoms with E-state index in [9.17, 15) is 4.79 Å². The highest BCUT2D eigenvalue weighted by molar-refractivity contribution is 6.01. The number of nitrogens with zero attached hydrogens (tertiary/aromatic N) is 2. The van der Waals surface area contributed by atoms with Crippen LogP contribution in [0, 0.1) is 0 Å². The van der Waals surface area contributed by atoms with E-state index in [2.05, 4.69) is 15.3 Å². The second-order valence-electron chi connectivity index (χ2n) is 3.70. The van der Waals surface area contributed by atoms with Crippen molar-refractivity contribution in [2.75, 3.05) is 19.5 Å². The van der Waals surface area contributed by atoms with Gasteiger partial charge in [-0.25, -0.2) is 0 Å². The normalized spacial score (nSPS) is 10.2. The molecular weight excluding hydrogens is 264 g/mol. The zero-order valence-electron chi connectivity index (χ0n) is 11.0. The predicted octanol–water partition coefficient (Wildman–Crippen LogP) is 0.798. The summed E-state index contributed by atoms with van der Waals surface area (Å²) >= 11 is 0. The number of hydrogen-bond donors (Lipinski definition) is 2. The second kappa shape index (κ2) is 6.02. The van der Waals surface area contributed by atoms with E-state index in [1.165, 1.54) is 26.4 Å². The minimum Gasteiger partial charge on any atom is -0.481 e. The largest absolute Gasteiger partial charge is 0.481 e. The Morgan fingerprint density at radius 2 is 1.95 bits per heavy atom. The third-order valence-electron chi connectivity index (χ3n) is 2.41. The van der Waals surface area contributed by atoms with Gasteiger partial charge >= 0.3 is 0 Å². The number of carbonyl (C=O) groups is 1. The van der Waals surface area contributed by atoms with Crippen LogP contribution in [0.1, 0.15) is 16.3 Å². The van der Waals surface area contributed by atoms with Gasteiger partial charge in [-0.05, 0) is 12.1 Å². The summed E-state index contributed by atoms with van der Waals surface area (Å²) in [5, 5.41) is 2.49. The lowest BCUT2D eigenvalue weighted by atomic mass is 10.4. The molecule has 0 aliphatic heterocycles. The molecule has 0 fully saturated rings. The van der Waals surface area contributed by atoms with Crippen LogP contribution in [0.2, 0.25) is 0 Å². The average Bonchev–Trinajstić information content (AvgIpc) is 2.95. The van der Waals surface area contributed by atoms with Crippen molar-refractivity contribution in [3.8, 4) is 11.8 Å². The fourth-order valence-corrected chi connectivity index (χ4v) is 1.44. The number of anilines is 1. The second-order valence-corrected chi connectivity index (χ2v) is 3.70. The Balaban J connectivity index is 2.18. The summed E-state index contributed by atoms with van der Waals surface area (Å²) in [6.07, 6.45) is 0. The van der Waals surface area contributed by atoms with Gasteiger partial charge in [-0.15, -0.1) is 0 Å². The van der Waals surface area contributed by atoms with Gasteiger partial charge < -0.3 is 19.6 Å². The van der Waals surface area contributed by atoms with Crippen molar-refractivity contribution in [2.45, 2.75) is 6.54 Å². The molecule has 0 saturated heterocycles. The Morgan fingerprint density at radius 1 is 1.30 bits per heavy atom. The number of nitrogens with two attached hydrogens (primary N) is 1. The number of aromatic nitrogens is 2. The lowest BCUT2D eigenvalue weighted by Crippen LogP contribution is -2.14. The first-order chi connectivity index (χ1) is 9.66. The van der Waals surface area contributed by atoms with E-state index in [4.69, 9.17) is 19.6 Å². The number of ether oxygens (including phenoxy) is 2. The van der Waals surface area contributed by atoms with E-state index >= 15 is 0 Å². The van der Waals surface area contributed by atoms with Gasteiger partial charge in [0.1, 0.15) is 5.76 Å². The molecule has 0 radical (unpaired) electrons. The maximum Gasteiger partial charge on any atom is 0.293 e. The number of hydrogen-bond acceptors (Lipinski definition) is 7. The van der Waals surface area contributed by atoms with E-state index in [1.54, 1.807) is 6.07 Å². The molecule has 0 aromatic carbocycles. The number of rotatable bonds is 5. The first-order valence-electron chi connectivity index (χ1n) is 5.73. The Morgan fingerprint density at radius 3 is 2.45 bits per heavy atom. The number of carbonyl (C=O) groups excluding carboxylic acids is 1. The number of nitrogens with one attached hydrogen (secondary N) is 1. The molecule has 1 amide bonds. The monoisotopic (exact) mass is 278 g/mol. The molecule has 2 rings (SSSR count). The van der Waals surface area contributed by atoms with Crippen LogP contribution in [-0.4, -0.2) is 30.1 Å². The Hall–Kier alpha value is -2.61. The van der Waals surface area contributed by atoms with Gasteiger partial charge in [0.2, 0.25) is 17.7 Å². The van der Waals surface area contributed by atoms with Gasteiger partial charge in [0.05, 0.1) is 26.8 Å². The quantitative estimate of drug-likeness (QED) is 0.831. The molecule has 0 aliphatic rings. The van der Waals surface area contributed by atoms with Crippen LogP contribution >= 0.6 is 0 Å². The smallest absolute Gasteiger partial charge is 0.293 e. The SMILES string of the molecule is COc1cc(OC)nc(NC(=O)c2ccc(CN)o2)n1. The average molecular weight is 278 g/mol. The molecule has 0 saturated carbocycles. The van der Waals surface area contributed by atoms with Crippen LogP contribution in [0.3, 0.4) is 0 Å². The van der Waals surface area contributed by atoms with E-state index in [0.29, 0.717) is 5.76 Å². The third-order valence-corrected chi connectivity index (χ3v) is 2.41. The minimum atomic E-state index is -0.486. The number of furan rings is 1. The fraction of sp³-hybridized carbons (Fsp3) is 0.250. The lowest BCUT2D eigenvalue weighted by molar-refractivity contribution is 0.0994. The molecule has 0 atom stereocenters. The van der Waals surface area contributed by atoms with Crippen molar-refractivity contribution < 1.29 is 18.7 Å². The lowest BCUT2D eigenvalue weighted by Gasteiger charge is -2.06. The maximum atomic E-state index is 11.9. The van der Waals surface area contributed by atoms with E-state index in [0.717, 1.165) is 0 Å². The van der Waals surface area contributed by atoms with E-state index in [-0.39, 0.29) is 30.0 Å². The molecule has 106 valence electrons. The van der Waals surface area contributed by atoms with Crippen molar-refractivity contribution in [3.63, 3.8) is 0 Å². The van der Waals surface area contributed by atoms with Gasteiger partial charge in [0.25, 0.3) is 5.91 Å². The summed E-state index contributed by atoms with van der Waals surface area (Å²) in [5.74, 6) is 0.746. The number of amides is 1. The highest BCUT2D eigenvalue weighted by atomic mass is 16.5. The molecule has 8 heteroatoms. The van der Waals surface area contributed by atoms with Crippen molar-refractivity contribution in [1.29, 1.82) is 0 Å². The van der Waals surface area contributed by atoms with E-state index in [1.807, 2.05) is 0 Å². The molecule has 3 N–H and O–H groups in total. The molecule has 0 spiro atoms. The van der Waals surface area contributed by atoms with Crippen LogP contribution < -0.4 is 20.5 Å². The summed E-state index contributed by atoms with van der Waals surface area (Å²) < 4.78 is 15.2. The summed E-state index contributed by atoms with van der Waals surface area (Å²) in [4.78, 5) is 19.9. The standard InChI is InChI=1S/C12H14N4O4/c1-18-9-5-10(19-2)15-12(14-9)16-11(17)8-4-3-7(6-13)20-8/h3-5H,6,13H2,1-2H3,(H,14,15,16,17). The molecule has 0 bridgehead atoms. The molecule has 2 aromatic heterocycles. The zero-order chi connectivity index (χ0) is 14.5. The first kappa shape index (κ1) is 13.8. The van der Waals surface area contributed by atoms with E-state index < -0.39 is 5.91 Å². The molecule has 2 aromatic rings. The summed E-state index contributed by atoms with van der Waals surface area (Å²) in [6.45, 7) is 0.219. The predicted molar refractivity (Wildman–Crippen MR) is 69.7 cm³/mol. The highest BCUT2D eigenvalue weighted by Crippen LogP contribution is 2.18. The first-order valence-corrected chi connectivity index (χ1v) is 5.73. The van der Waals surface area contributed by atoms with Gasteiger partial charge in [-0.1, -0.05) is 0 Å². The maximum absolute atomic E-state index is 11.9. The summed E-state index contributed by atoms with van der Waals surface area (Å²) in [6, 6.07) is 4.64. The van der Waals surface area contributed by atoms with Crippen LogP contribution in [0.5, 0.6) is 11.8 Å². The van der Waals surface area contributed by atoms with Gasteiger partial charge in [0, 0.05) is 0 Å². The Labute approximate surface area is 114 Å². The van der Waals surface area contributed by atoms with Crippen LogP contribution in [0.15, 0.2) is 22.6 Å². The molecular formula is C12H14N4O4. The van der Waals surface area contributed by atoms with Crippen molar-refractivity contribution >= 4 is 11.9 Å². The van der Waals surface area contributed by atoms with Crippen molar-refractivity contribution in [1.82, 2.24) is 9.97 Å². The summed E-state index contributed by atoms with van der Waals surface area (Å²) in [5.41, 5.74) is 5.41. The van der Waals surface area contributed by atoms with Crippen LogP contribution in [0.25, 0.3) is 0 Å². The van der Waals surface area contributed by atoms with Crippen LogP contribution in [-0.2, 0) is 6.54 Å². The highest BCUT2D eigenvalue weighted by Gasteiger charge is 2.14. The fourth-order valence-electron chi connectivity index (χ4n) is 1.44. The third kappa shape index (κ3) is 3.04. The van der Waals surface area contributed by atoms with Crippen molar-refractivity contribution in [3.05, 3.63) is 29.7 Å².